The first-order chi connectivity index (χ1) is 10.1. The van der Waals surface area contributed by atoms with Crippen molar-refractivity contribution in [2.24, 2.45) is 0 Å². The molecule has 1 aromatic heterocycles. The Bertz CT molecular complexity index is 663. The molecular weight excluding hydrogens is 309 g/mol. The van der Waals surface area contributed by atoms with Crippen LogP contribution < -0.4 is 0 Å². The molecule has 0 saturated heterocycles. The molecular formula is C15H11Cl2N3O. The van der Waals surface area contributed by atoms with Gasteiger partial charge in [0, 0.05) is 12.1 Å². The standard InChI is InChI=1S/C15H11Cl2N3O/c16-13-8-12(9-14(17)19-13)15(21)20(7-6-18)10-11-4-2-1-3-5-11/h1-5,8-9H,7,10H2. The second kappa shape index (κ2) is 7.07. The Morgan fingerprint density at radius 3 is 2.38 bits per heavy atom. The predicted octanol–water partition coefficient (Wildman–Crippen LogP) is 3.55. The Kier molecular flexibility index (Phi) is 5.15. The molecule has 0 saturated carbocycles. The SMILES string of the molecule is N#CCN(Cc1ccccc1)C(=O)c1cc(Cl)nc(Cl)c1. The van der Waals surface area contributed by atoms with Crippen LogP contribution in [0.2, 0.25) is 10.3 Å². The van der Waals surface area contributed by atoms with Crippen LogP contribution in [-0.2, 0) is 6.54 Å². The highest BCUT2D eigenvalue weighted by Crippen LogP contribution is 2.17. The number of benzene rings is 1. The molecule has 0 spiro atoms. The van der Waals surface area contributed by atoms with Crippen molar-refractivity contribution in [2.45, 2.75) is 6.54 Å². The fraction of sp³-hybridized carbons (Fsp3) is 0.133. The topological polar surface area (TPSA) is 57.0 Å². The van der Waals surface area contributed by atoms with Crippen molar-refractivity contribution in [3.05, 3.63) is 63.9 Å². The van der Waals surface area contributed by atoms with E-state index in [0.29, 0.717) is 12.1 Å². The van der Waals surface area contributed by atoms with Gasteiger partial charge in [-0.2, -0.15) is 5.26 Å². The van der Waals surface area contributed by atoms with Gasteiger partial charge in [0.2, 0.25) is 0 Å². The van der Waals surface area contributed by atoms with Crippen molar-refractivity contribution in [1.29, 1.82) is 5.26 Å². The minimum absolute atomic E-state index is 0.0225. The predicted molar refractivity (Wildman–Crippen MR) is 81.1 cm³/mol. The minimum Gasteiger partial charge on any atom is -0.321 e. The van der Waals surface area contributed by atoms with Crippen molar-refractivity contribution in [1.82, 2.24) is 9.88 Å². The van der Waals surface area contributed by atoms with Crippen molar-refractivity contribution in [3.8, 4) is 6.07 Å². The number of rotatable bonds is 4. The molecule has 2 aromatic rings. The summed E-state index contributed by atoms with van der Waals surface area (Å²) in [4.78, 5) is 17.7. The molecule has 4 nitrogen and oxygen atoms in total. The van der Waals surface area contributed by atoms with Crippen molar-refractivity contribution in [3.63, 3.8) is 0 Å². The van der Waals surface area contributed by atoms with E-state index in [2.05, 4.69) is 4.98 Å². The van der Waals surface area contributed by atoms with E-state index in [0.717, 1.165) is 5.56 Å². The summed E-state index contributed by atoms with van der Waals surface area (Å²) >= 11 is 11.6. The number of aromatic nitrogens is 1. The van der Waals surface area contributed by atoms with Crippen LogP contribution in [0.3, 0.4) is 0 Å². The highest BCUT2D eigenvalue weighted by molar-refractivity contribution is 6.33. The number of hydrogen-bond acceptors (Lipinski definition) is 3. The molecule has 21 heavy (non-hydrogen) atoms. The summed E-state index contributed by atoms with van der Waals surface area (Å²) in [6.45, 7) is 0.316. The highest BCUT2D eigenvalue weighted by Gasteiger charge is 2.17. The average Bonchev–Trinajstić information content (AvgIpc) is 2.46. The van der Waals surface area contributed by atoms with E-state index in [4.69, 9.17) is 28.5 Å². The van der Waals surface area contributed by atoms with E-state index >= 15 is 0 Å². The van der Waals surface area contributed by atoms with Crippen molar-refractivity contribution >= 4 is 29.1 Å². The van der Waals surface area contributed by atoms with Crippen molar-refractivity contribution < 1.29 is 4.79 Å². The fourth-order valence-electron chi connectivity index (χ4n) is 1.86. The molecule has 0 aliphatic carbocycles. The van der Waals surface area contributed by atoms with E-state index < -0.39 is 0 Å². The van der Waals surface area contributed by atoms with Gasteiger partial charge < -0.3 is 4.90 Å². The molecule has 0 aliphatic heterocycles. The Morgan fingerprint density at radius 1 is 1.19 bits per heavy atom. The maximum Gasteiger partial charge on any atom is 0.255 e. The van der Waals surface area contributed by atoms with E-state index in [9.17, 15) is 4.79 Å². The quantitative estimate of drug-likeness (QED) is 0.639. The first-order valence-electron chi connectivity index (χ1n) is 6.13. The zero-order valence-electron chi connectivity index (χ0n) is 11.0. The van der Waals surface area contributed by atoms with Crippen LogP contribution in [0, 0.1) is 11.3 Å². The van der Waals surface area contributed by atoms with Gasteiger partial charge in [0.1, 0.15) is 16.9 Å². The van der Waals surface area contributed by atoms with Gasteiger partial charge in [-0.25, -0.2) is 4.98 Å². The third kappa shape index (κ3) is 4.19. The highest BCUT2D eigenvalue weighted by atomic mass is 35.5. The summed E-state index contributed by atoms with van der Waals surface area (Å²) in [7, 11) is 0. The summed E-state index contributed by atoms with van der Waals surface area (Å²) in [5.41, 5.74) is 1.25. The van der Waals surface area contributed by atoms with Gasteiger partial charge in [-0.05, 0) is 17.7 Å². The van der Waals surface area contributed by atoms with E-state index in [-0.39, 0.29) is 22.8 Å². The summed E-state index contributed by atoms with van der Waals surface area (Å²) in [5.74, 6) is -0.313. The molecule has 1 amide bonds. The zero-order valence-corrected chi connectivity index (χ0v) is 12.5. The van der Waals surface area contributed by atoms with Crippen LogP contribution in [0.1, 0.15) is 15.9 Å². The number of pyridine rings is 1. The normalized spacial score (nSPS) is 9.95. The number of carbonyl (C=O) groups excluding carboxylic acids is 1. The fourth-order valence-corrected chi connectivity index (χ4v) is 2.32. The van der Waals surface area contributed by atoms with Crippen LogP contribution in [0.15, 0.2) is 42.5 Å². The smallest absolute Gasteiger partial charge is 0.255 e. The third-order valence-corrected chi connectivity index (χ3v) is 3.16. The van der Waals surface area contributed by atoms with Gasteiger partial charge in [-0.1, -0.05) is 53.5 Å². The molecule has 0 fully saturated rings. The molecule has 2 rings (SSSR count). The van der Waals surface area contributed by atoms with Crippen LogP contribution >= 0.6 is 23.2 Å². The van der Waals surface area contributed by atoms with Gasteiger partial charge in [0.25, 0.3) is 5.91 Å². The van der Waals surface area contributed by atoms with Gasteiger partial charge in [-0.15, -0.1) is 0 Å². The molecule has 1 aromatic carbocycles. The molecule has 1 heterocycles. The van der Waals surface area contributed by atoms with Gasteiger partial charge in [-0.3, -0.25) is 4.79 Å². The van der Waals surface area contributed by atoms with E-state index in [1.807, 2.05) is 36.4 Å². The maximum atomic E-state index is 12.5. The zero-order chi connectivity index (χ0) is 15.2. The number of carbonyl (C=O) groups is 1. The molecule has 0 unspecified atom stereocenters. The molecule has 0 N–H and O–H groups in total. The summed E-state index contributed by atoms with van der Waals surface area (Å²) in [6, 6.07) is 14.3. The first kappa shape index (κ1) is 15.3. The molecule has 0 atom stereocenters. The lowest BCUT2D eigenvalue weighted by molar-refractivity contribution is 0.0765. The molecule has 0 bridgehead atoms. The van der Waals surface area contributed by atoms with Crippen LogP contribution in [0.4, 0.5) is 0 Å². The van der Waals surface area contributed by atoms with Gasteiger partial charge in [0.15, 0.2) is 0 Å². The van der Waals surface area contributed by atoms with Crippen LogP contribution in [0.5, 0.6) is 0 Å². The molecule has 106 valence electrons. The Hall–Kier alpha value is -2.09. The second-order valence-corrected chi connectivity index (χ2v) is 5.08. The lowest BCUT2D eigenvalue weighted by atomic mass is 10.2. The minimum atomic E-state index is -0.313. The lowest BCUT2D eigenvalue weighted by Crippen LogP contribution is -2.31. The lowest BCUT2D eigenvalue weighted by Gasteiger charge is -2.20. The summed E-state index contributed by atoms with van der Waals surface area (Å²) < 4.78 is 0. The van der Waals surface area contributed by atoms with Gasteiger partial charge >= 0.3 is 0 Å². The molecule has 0 aliphatic rings. The molecule has 0 radical (unpaired) electrons. The second-order valence-electron chi connectivity index (χ2n) is 4.31. The number of amides is 1. The van der Waals surface area contributed by atoms with Crippen LogP contribution in [-0.4, -0.2) is 22.3 Å². The number of nitriles is 1. The van der Waals surface area contributed by atoms with Crippen LogP contribution in [0.25, 0.3) is 0 Å². The van der Waals surface area contributed by atoms with E-state index in [1.54, 1.807) is 0 Å². The summed E-state index contributed by atoms with van der Waals surface area (Å²) in [6.07, 6.45) is 0. The largest absolute Gasteiger partial charge is 0.321 e. The molecule has 6 heteroatoms. The first-order valence-corrected chi connectivity index (χ1v) is 6.89. The number of halogens is 2. The third-order valence-electron chi connectivity index (χ3n) is 2.77. The van der Waals surface area contributed by atoms with E-state index in [1.165, 1.54) is 17.0 Å². The maximum absolute atomic E-state index is 12.5. The number of hydrogen-bond donors (Lipinski definition) is 0. The Balaban J connectivity index is 2.25. The Morgan fingerprint density at radius 2 is 1.81 bits per heavy atom. The monoisotopic (exact) mass is 319 g/mol. The average molecular weight is 320 g/mol. The van der Waals surface area contributed by atoms with Gasteiger partial charge in [0.05, 0.1) is 6.07 Å². The summed E-state index contributed by atoms with van der Waals surface area (Å²) in [5, 5.41) is 9.19. The van der Waals surface area contributed by atoms with Crippen molar-refractivity contribution in [2.75, 3.05) is 6.54 Å². The number of nitrogens with zero attached hydrogens (tertiary/aromatic N) is 3. The Labute approximate surface area is 132 Å².